The van der Waals surface area contributed by atoms with E-state index >= 15 is 0 Å². The monoisotopic (exact) mass is 446 g/mol. The van der Waals surface area contributed by atoms with Gasteiger partial charge in [-0.1, -0.05) is 67.6 Å². The third kappa shape index (κ3) is 7.05. The number of anilines is 2. The normalized spacial score (nSPS) is 14.5. The zero-order valence-corrected chi connectivity index (χ0v) is 19.2. The van der Waals surface area contributed by atoms with Crippen LogP contribution in [0.5, 0.6) is 0 Å². The Morgan fingerprint density at radius 3 is 2.21 bits per heavy atom. The van der Waals surface area contributed by atoms with Crippen LogP contribution in [0.25, 0.3) is 0 Å². The molecule has 0 radical (unpaired) electrons. The lowest BCUT2D eigenvalue weighted by Crippen LogP contribution is -2.23. The fourth-order valence-electron chi connectivity index (χ4n) is 3.71. The van der Waals surface area contributed by atoms with Gasteiger partial charge in [-0.05, 0) is 55.0 Å². The van der Waals surface area contributed by atoms with E-state index in [-0.39, 0.29) is 0 Å². The lowest BCUT2D eigenvalue weighted by molar-refractivity contribution is -0.140. The van der Waals surface area contributed by atoms with Crippen molar-refractivity contribution in [1.82, 2.24) is 10.3 Å². The summed E-state index contributed by atoms with van der Waals surface area (Å²) in [5.74, 6) is 0.200. The molecule has 1 atom stereocenters. The number of nitrogen functional groups attached to an aromatic ring is 1. The molecule has 1 heterocycles. The fraction of sp³-hybridized carbons (Fsp3) is 0.333. The molecule has 0 bridgehead atoms. The second-order valence-electron chi connectivity index (χ2n) is 8.49. The Hall–Kier alpha value is -3.38. The first-order valence-corrected chi connectivity index (χ1v) is 11.5. The van der Waals surface area contributed by atoms with Gasteiger partial charge in [-0.2, -0.15) is 0 Å². The van der Waals surface area contributed by atoms with Crippen molar-refractivity contribution in [2.45, 2.75) is 37.5 Å². The molecule has 1 aromatic heterocycles. The maximum atomic E-state index is 11.4. The molecule has 5 N–H and O–H groups in total. The number of nitrogens with one attached hydrogen (secondary N) is 2. The third-order valence-corrected chi connectivity index (χ3v) is 5.99. The fourth-order valence-corrected chi connectivity index (χ4v) is 3.71. The Morgan fingerprint density at radius 1 is 1.03 bits per heavy atom. The zero-order chi connectivity index (χ0) is 23.5. The standard InChI is InChI=1S/C21H28N4O2.C6H6/c1-15(14-23-11-3-13-24-18-4-2-12-25-19(18)22)16-5-7-17(8-6-16)21(9-10-21)20(26)27;1-2-4-6-5-3-1/h2,4-8,12,15,23-24H,3,9-11,13-14H2,1H3,(H2,22,25)(H,26,27);1-6H. The van der Waals surface area contributed by atoms with E-state index in [9.17, 15) is 9.90 Å². The van der Waals surface area contributed by atoms with Gasteiger partial charge in [-0.25, -0.2) is 4.98 Å². The summed E-state index contributed by atoms with van der Waals surface area (Å²) in [4.78, 5) is 15.5. The van der Waals surface area contributed by atoms with E-state index in [2.05, 4.69) is 34.7 Å². The van der Waals surface area contributed by atoms with Gasteiger partial charge in [0, 0.05) is 19.3 Å². The molecule has 0 amide bonds. The smallest absolute Gasteiger partial charge is 0.314 e. The molecule has 6 nitrogen and oxygen atoms in total. The highest BCUT2D eigenvalue weighted by atomic mass is 16.4. The van der Waals surface area contributed by atoms with Gasteiger partial charge < -0.3 is 21.5 Å². The predicted molar refractivity (Wildman–Crippen MR) is 134 cm³/mol. The zero-order valence-electron chi connectivity index (χ0n) is 19.2. The van der Waals surface area contributed by atoms with Crippen LogP contribution in [-0.2, 0) is 10.2 Å². The summed E-state index contributed by atoms with van der Waals surface area (Å²) in [6, 6.07) is 23.9. The molecule has 0 aliphatic heterocycles. The minimum Gasteiger partial charge on any atom is -0.481 e. The SMILES string of the molecule is CC(CNCCCNc1cccnc1N)c1ccc(C2(C(=O)O)CC2)cc1.c1ccccc1. The number of aromatic nitrogens is 1. The lowest BCUT2D eigenvalue weighted by Gasteiger charge is -2.16. The summed E-state index contributed by atoms with van der Waals surface area (Å²) in [6.07, 6.45) is 4.16. The third-order valence-electron chi connectivity index (χ3n) is 5.99. The maximum absolute atomic E-state index is 11.4. The van der Waals surface area contributed by atoms with Crippen molar-refractivity contribution in [3.05, 3.63) is 90.1 Å². The topological polar surface area (TPSA) is 100 Å². The molecule has 4 rings (SSSR count). The van der Waals surface area contributed by atoms with E-state index in [1.165, 1.54) is 5.56 Å². The van der Waals surface area contributed by atoms with E-state index in [1.54, 1.807) is 6.20 Å². The Kier molecular flexibility index (Phi) is 8.84. The number of benzene rings is 2. The number of pyridine rings is 1. The van der Waals surface area contributed by atoms with E-state index in [1.807, 2.05) is 60.7 Å². The summed E-state index contributed by atoms with van der Waals surface area (Å²) in [6.45, 7) is 4.82. The number of hydrogen-bond donors (Lipinski definition) is 4. The van der Waals surface area contributed by atoms with Gasteiger partial charge in [-0.3, -0.25) is 4.79 Å². The van der Waals surface area contributed by atoms with Crippen molar-refractivity contribution in [1.29, 1.82) is 0 Å². The minimum atomic E-state index is -0.702. The lowest BCUT2D eigenvalue weighted by atomic mass is 9.92. The Morgan fingerprint density at radius 2 is 1.67 bits per heavy atom. The number of rotatable bonds is 10. The molecule has 174 valence electrons. The predicted octanol–water partition coefficient (Wildman–Crippen LogP) is 4.66. The molecule has 0 spiro atoms. The molecule has 0 saturated heterocycles. The number of hydrogen-bond acceptors (Lipinski definition) is 5. The van der Waals surface area contributed by atoms with E-state index in [0.717, 1.165) is 50.1 Å². The average Bonchev–Trinajstić information content (AvgIpc) is 3.66. The Labute approximate surface area is 196 Å². The van der Waals surface area contributed by atoms with E-state index in [4.69, 9.17) is 5.73 Å². The van der Waals surface area contributed by atoms with Crippen LogP contribution in [0.3, 0.4) is 0 Å². The van der Waals surface area contributed by atoms with Crippen molar-refractivity contribution >= 4 is 17.5 Å². The van der Waals surface area contributed by atoms with Crippen molar-refractivity contribution in [3.8, 4) is 0 Å². The van der Waals surface area contributed by atoms with Gasteiger partial charge in [-0.15, -0.1) is 0 Å². The van der Waals surface area contributed by atoms with Gasteiger partial charge in [0.05, 0.1) is 11.1 Å². The second kappa shape index (κ2) is 12.0. The van der Waals surface area contributed by atoms with Crippen molar-refractivity contribution < 1.29 is 9.90 Å². The number of carbonyl (C=O) groups is 1. The first-order chi connectivity index (χ1) is 16.0. The molecule has 1 unspecified atom stereocenters. The Balaban J connectivity index is 0.000000442. The van der Waals surface area contributed by atoms with Crippen LogP contribution in [0, 0.1) is 0 Å². The maximum Gasteiger partial charge on any atom is 0.314 e. The van der Waals surface area contributed by atoms with Crippen molar-refractivity contribution in [2.75, 3.05) is 30.7 Å². The molecule has 2 aromatic carbocycles. The molecule has 1 aliphatic carbocycles. The first kappa shape index (κ1) is 24.3. The van der Waals surface area contributed by atoms with Crippen LogP contribution in [0.4, 0.5) is 11.5 Å². The first-order valence-electron chi connectivity index (χ1n) is 11.5. The second-order valence-corrected chi connectivity index (χ2v) is 8.49. The average molecular weight is 447 g/mol. The molecule has 6 heteroatoms. The van der Waals surface area contributed by atoms with Crippen LogP contribution in [0.2, 0.25) is 0 Å². The van der Waals surface area contributed by atoms with Crippen LogP contribution < -0.4 is 16.4 Å². The van der Waals surface area contributed by atoms with Crippen LogP contribution in [0.15, 0.2) is 79.0 Å². The van der Waals surface area contributed by atoms with Crippen LogP contribution >= 0.6 is 0 Å². The minimum absolute atomic E-state index is 0.376. The molecular weight excluding hydrogens is 412 g/mol. The summed E-state index contributed by atoms with van der Waals surface area (Å²) in [5, 5.41) is 16.2. The molecule has 1 aliphatic rings. The van der Waals surface area contributed by atoms with Gasteiger partial charge in [0.1, 0.15) is 5.82 Å². The molecule has 3 aromatic rings. The summed E-state index contributed by atoms with van der Waals surface area (Å²) in [5.41, 5.74) is 8.22. The quantitative estimate of drug-likeness (QED) is 0.338. The van der Waals surface area contributed by atoms with E-state index in [0.29, 0.717) is 11.7 Å². The molecule has 1 fully saturated rings. The number of nitrogens with two attached hydrogens (primary N) is 1. The summed E-state index contributed by atoms with van der Waals surface area (Å²) >= 11 is 0. The summed E-state index contributed by atoms with van der Waals surface area (Å²) in [7, 11) is 0. The highest BCUT2D eigenvalue weighted by Crippen LogP contribution is 2.48. The number of aliphatic carboxylic acids is 1. The van der Waals surface area contributed by atoms with Crippen molar-refractivity contribution in [3.63, 3.8) is 0 Å². The number of carboxylic acids is 1. The van der Waals surface area contributed by atoms with E-state index < -0.39 is 11.4 Å². The van der Waals surface area contributed by atoms with Crippen LogP contribution in [0.1, 0.15) is 43.2 Å². The highest BCUT2D eigenvalue weighted by molar-refractivity contribution is 5.84. The molecule has 1 saturated carbocycles. The van der Waals surface area contributed by atoms with Gasteiger partial charge in [0.25, 0.3) is 0 Å². The van der Waals surface area contributed by atoms with Crippen LogP contribution in [-0.4, -0.2) is 35.7 Å². The summed E-state index contributed by atoms with van der Waals surface area (Å²) < 4.78 is 0. The number of carboxylic acid groups (broad SMARTS) is 1. The number of nitrogens with zero attached hydrogens (tertiary/aromatic N) is 1. The molecular formula is C27H34N4O2. The van der Waals surface area contributed by atoms with Crippen molar-refractivity contribution in [2.24, 2.45) is 0 Å². The molecule has 33 heavy (non-hydrogen) atoms. The van der Waals surface area contributed by atoms with Gasteiger partial charge >= 0.3 is 5.97 Å². The largest absolute Gasteiger partial charge is 0.481 e. The Bertz CT molecular complexity index is 962. The van der Waals surface area contributed by atoms with Gasteiger partial charge in [0.2, 0.25) is 0 Å². The highest BCUT2D eigenvalue weighted by Gasteiger charge is 2.51. The van der Waals surface area contributed by atoms with Gasteiger partial charge in [0.15, 0.2) is 0 Å².